The summed E-state index contributed by atoms with van der Waals surface area (Å²) in [6, 6.07) is 0. The lowest BCUT2D eigenvalue weighted by Gasteiger charge is -1.92. The standard InChI is InChI=1S/C5H7N9/c1-4-8-5(10-9-4)11-12-13-14-2-6-7-3-14/h2-3H,1H3,(H2,8,9,10,11,13). The van der Waals surface area contributed by atoms with Gasteiger partial charge >= 0.3 is 0 Å². The Kier molecular flexibility index (Phi) is 2.13. The van der Waals surface area contributed by atoms with Gasteiger partial charge in [0, 0.05) is 0 Å². The van der Waals surface area contributed by atoms with Gasteiger partial charge in [0.25, 0.3) is 5.95 Å². The molecule has 0 amide bonds. The molecule has 72 valence electrons. The largest absolute Gasteiger partial charge is 0.289 e. The van der Waals surface area contributed by atoms with Gasteiger partial charge < -0.3 is 0 Å². The molecular weight excluding hydrogens is 186 g/mol. The fourth-order valence-electron chi connectivity index (χ4n) is 0.747. The molecule has 9 nitrogen and oxygen atoms in total. The summed E-state index contributed by atoms with van der Waals surface area (Å²) >= 11 is 0. The van der Waals surface area contributed by atoms with Crippen LogP contribution in [0.3, 0.4) is 0 Å². The minimum absolute atomic E-state index is 0.267. The Morgan fingerprint density at radius 3 is 2.86 bits per heavy atom. The molecule has 2 heterocycles. The Morgan fingerprint density at radius 1 is 1.43 bits per heavy atom. The highest BCUT2D eigenvalue weighted by Gasteiger charge is 1.94. The van der Waals surface area contributed by atoms with Crippen LogP contribution in [0.2, 0.25) is 0 Å². The van der Waals surface area contributed by atoms with Crippen LogP contribution in [0, 0.1) is 6.92 Å². The van der Waals surface area contributed by atoms with Gasteiger partial charge in [0.05, 0.1) is 0 Å². The lowest BCUT2D eigenvalue weighted by molar-refractivity contribution is 0.830. The van der Waals surface area contributed by atoms with Crippen molar-refractivity contribution in [1.82, 2.24) is 30.1 Å². The van der Waals surface area contributed by atoms with Crippen molar-refractivity contribution in [1.29, 1.82) is 0 Å². The summed E-state index contributed by atoms with van der Waals surface area (Å²) in [6.45, 7) is 1.78. The summed E-state index contributed by atoms with van der Waals surface area (Å²) in [7, 11) is 0. The zero-order valence-electron chi connectivity index (χ0n) is 7.29. The third kappa shape index (κ3) is 1.88. The van der Waals surface area contributed by atoms with Gasteiger partial charge in [-0.1, -0.05) is 5.11 Å². The van der Waals surface area contributed by atoms with Gasteiger partial charge in [-0.3, -0.25) is 5.10 Å². The quantitative estimate of drug-likeness (QED) is 0.524. The van der Waals surface area contributed by atoms with Gasteiger partial charge in [-0.25, -0.2) is 4.68 Å². The minimum atomic E-state index is 0.267. The van der Waals surface area contributed by atoms with Crippen molar-refractivity contribution in [3.05, 3.63) is 18.5 Å². The zero-order chi connectivity index (χ0) is 9.80. The van der Waals surface area contributed by atoms with E-state index in [1.165, 1.54) is 17.3 Å². The average Bonchev–Trinajstić information content (AvgIpc) is 2.77. The Balaban J connectivity index is 1.95. The first-order valence-electron chi connectivity index (χ1n) is 3.75. The van der Waals surface area contributed by atoms with Crippen LogP contribution in [-0.4, -0.2) is 30.1 Å². The molecule has 0 radical (unpaired) electrons. The van der Waals surface area contributed by atoms with E-state index in [1.54, 1.807) is 6.92 Å². The van der Waals surface area contributed by atoms with Gasteiger partial charge in [-0.15, -0.1) is 15.3 Å². The summed E-state index contributed by atoms with van der Waals surface area (Å²) in [6.07, 6.45) is 2.89. The molecule has 0 aromatic carbocycles. The van der Waals surface area contributed by atoms with Crippen LogP contribution in [0.25, 0.3) is 0 Å². The number of H-pyrrole nitrogens is 1. The van der Waals surface area contributed by atoms with Crippen LogP contribution in [0.15, 0.2) is 23.0 Å². The Morgan fingerprint density at radius 2 is 2.21 bits per heavy atom. The Labute approximate surface area is 78.2 Å². The maximum atomic E-state index is 3.92. The van der Waals surface area contributed by atoms with E-state index in [0.29, 0.717) is 5.82 Å². The molecule has 0 fully saturated rings. The number of aromatic amines is 1. The van der Waals surface area contributed by atoms with E-state index in [9.17, 15) is 0 Å². The van der Waals surface area contributed by atoms with E-state index < -0.39 is 0 Å². The third-order valence-electron chi connectivity index (χ3n) is 1.30. The average molecular weight is 193 g/mol. The SMILES string of the molecule is Cc1nc(/N=N/Nn2cnnc2)n[nH]1. The van der Waals surface area contributed by atoms with Gasteiger partial charge in [0.15, 0.2) is 0 Å². The molecule has 14 heavy (non-hydrogen) atoms. The second kappa shape index (κ2) is 3.60. The molecule has 0 spiro atoms. The van der Waals surface area contributed by atoms with E-state index in [2.05, 4.69) is 41.3 Å². The monoisotopic (exact) mass is 193 g/mol. The summed E-state index contributed by atoms with van der Waals surface area (Å²) in [5, 5.41) is 20.8. The van der Waals surface area contributed by atoms with Gasteiger partial charge in [-0.2, -0.15) is 10.5 Å². The Bertz CT molecular complexity index is 412. The highest BCUT2D eigenvalue weighted by molar-refractivity contribution is 5.09. The second-order valence-corrected chi connectivity index (χ2v) is 2.39. The van der Waals surface area contributed by atoms with Gasteiger partial charge in [0.1, 0.15) is 18.5 Å². The molecule has 0 saturated carbocycles. The van der Waals surface area contributed by atoms with Gasteiger partial charge in [0.2, 0.25) is 0 Å². The summed E-state index contributed by atoms with van der Waals surface area (Å²) in [4.78, 5) is 3.92. The first-order valence-corrected chi connectivity index (χ1v) is 3.75. The van der Waals surface area contributed by atoms with Gasteiger partial charge in [-0.05, 0) is 12.1 Å². The number of hydrogen-bond donors (Lipinski definition) is 2. The highest BCUT2D eigenvalue weighted by Crippen LogP contribution is 2.01. The maximum Gasteiger partial charge on any atom is 0.289 e. The number of nitrogens with one attached hydrogen (secondary N) is 2. The molecule has 2 N–H and O–H groups in total. The van der Waals surface area contributed by atoms with Crippen LogP contribution in [0.4, 0.5) is 5.95 Å². The van der Waals surface area contributed by atoms with Crippen LogP contribution in [-0.2, 0) is 0 Å². The van der Waals surface area contributed by atoms with Crippen LogP contribution in [0.1, 0.15) is 5.82 Å². The molecule has 0 bridgehead atoms. The van der Waals surface area contributed by atoms with E-state index in [1.807, 2.05) is 0 Å². The van der Waals surface area contributed by atoms with E-state index in [-0.39, 0.29) is 5.95 Å². The van der Waals surface area contributed by atoms with Crippen molar-refractivity contribution < 1.29 is 0 Å². The molecule has 0 aliphatic rings. The topological polar surface area (TPSA) is 109 Å². The molecule has 0 saturated heterocycles. The second-order valence-electron chi connectivity index (χ2n) is 2.39. The molecule has 2 aromatic heterocycles. The van der Waals surface area contributed by atoms with Crippen molar-refractivity contribution >= 4 is 5.95 Å². The number of nitrogens with zero attached hydrogens (tertiary/aromatic N) is 7. The fraction of sp³-hybridized carbons (Fsp3) is 0.200. The number of rotatable bonds is 3. The summed E-state index contributed by atoms with van der Waals surface area (Å²) < 4.78 is 1.43. The van der Waals surface area contributed by atoms with Crippen molar-refractivity contribution in [3.8, 4) is 0 Å². The van der Waals surface area contributed by atoms with E-state index in [0.717, 1.165) is 0 Å². The predicted octanol–water partition coefficient (Wildman–Crippen LogP) is -0.0530. The zero-order valence-corrected chi connectivity index (χ0v) is 7.29. The summed E-state index contributed by atoms with van der Waals surface area (Å²) in [5.74, 6) is 0.950. The first kappa shape index (κ1) is 8.29. The van der Waals surface area contributed by atoms with Crippen LogP contribution >= 0.6 is 0 Å². The number of aromatic nitrogens is 6. The van der Waals surface area contributed by atoms with Crippen LogP contribution in [0.5, 0.6) is 0 Å². The third-order valence-corrected chi connectivity index (χ3v) is 1.30. The highest BCUT2D eigenvalue weighted by atomic mass is 15.7. The summed E-state index contributed by atoms with van der Waals surface area (Å²) in [5.41, 5.74) is 2.54. The lowest BCUT2D eigenvalue weighted by atomic mass is 10.8. The van der Waals surface area contributed by atoms with Crippen LogP contribution < -0.4 is 5.53 Å². The lowest BCUT2D eigenvalue weighted by Crippen LogP contribution is -2.03. The van der Waals surface area contributed by atoms with E-state index in [4.69, 9.17) is 0 Å². The molecule has 0 aliphatic carbocycles. The molecule has 0 aliphatic heterocycles. The first-order chi connectivity index (χ1) is 6.84. The molecule has 2 aromatic rings. The molecule has 0 atom stereocenters. The minimum Gasteiger partial charge on any atom is -0.261 e. The molecular formula is C5H7N9. The predicted molar refractivity (Wildman–Crippen MR) is 45.0 cm³/mol. The number of aryl methyl sites for hydroxylation is 1. The number of hydrogen-bond acceptors (Lipinski definition) is 6. The Hall–Kier alpha value is -2.32. The molecule has 9 heteroatoms. The van der Waals surface area contributed by atoms with Crippen molar-refractivity contribution in [3.63, 3.8) is 0 Å². The fourth-order valence-corrected chi connectivity index (χ4v) is 0.747. The van der Waals surface area contributed by atoms with E-state index >= 15 is 0 Å². The van der Waals surface area contributed by atoms with Crippen molar-refractivity contribution in [2.24, 2.45) is 10.3 Å². The molecule has 2 rings (SSSR count). The normalized spacial score (nSPS) is 10.9. The smallest absolute Gasteiger partial charge is 0.261 e. The maximum absolute atomic E-state index is 3.92. The molecule has 0 unspecified atom stereocenters. The van der Waals surface area contributed by atoms with Crippen molar-refractivity contribution in [2.75, 3.05) is 5.53 Å². The van der Waals surface area contributed by atoms with Crippen molar-refractivity contribution in [2.45, 2.75) is 6.92 Å².